The third-order valence-corrected chi connectivity index (χ3v) is 4.27. The van der Waals surface area contributed by atoms with Crippen LogP contribution in [0.2, 0.25) is 0 Å². The fraction of sp³-hybridized carbons (Fsp3) is 0.444. The van der Waals surface area contributed by atoms with Crippen molar-refractivity contribution in [2.45, 2.75) is 25.9 Å². The van der Waals surface area contributed by atoms with Crippen LogP contribution in [0.4, 0.5) is 5.69 Å². The zero-order chi connectivity index (χ0) is 16.8. The standard InChI is InChI=1S/C18H26N6/c1-15-12-21-24(13-15)11-9-20-18(19-2)22-16-8-10-23(14-16)17-6-4-3-5-7-17/h3-7,12-13,16H,8-11,14H2,1-2H3,(H2,19,20,22). The molecule has 128 valence electrons. The van der Waals surface area contributed by atoms with Gasteiger partial charge in [-0.3, -0.25) is 9.67 Å². The maximum absolute atomic E-state index is 4.33. The van der Waals surface area contributed by atoms with Gasteiger partial charge in [-0.2, -0.15) is 5.10 Å². The van der Waals surface area contributed by atoms with E-state index in [0.29, 0.717) is 6.04 Å². The molecule has 24 heavy (non-hydrogen) atoms. The number of rotatable bonds is 5. The number of nitrogens with one attached hydrogen (secondary N) is 2. The molecule has 1 unspecified atom stereocenters. The molecule has 3 rings (SSSR count). The Morgan fingerprint density at radius 1 is 1.33 bits per heavy atom. The molecule has 0 spiro atoms. The first-order valence-corrected chi connectivity index (χ1v) is 8.51. The summed E-state index contributed by atoms with van der Waals surface area (Å²) in [5, 5.41) is 11.2. The van der Waals surface area contributed by atoms with Crippen molar-refractivity contribution in [2.75, 3.05) is 31.6 Å². The smallest absolute Gasteiger partial charge is 0.191 e. The van der Waals surface area contributed by atoms with Crippen LogP contribution in [-0.2, 0) is 6.54 Å². The molecule has 0 aliphatic carbocycles. The lowest BCUT2D eigenvalue weighted by Crippen LogP contribution is -2.45. The molecular weight excluding hydrogens is 300 g/mol. The molecule has 1 saturated heterocycles. The number of nitrogens with zero attached hydrogens (tertiary/aromatic N) is 4. The number of benzene rings is 1. The molecule has 0 bridgehead atoms. The first-order valence-electron chi connectivity index (χ1n) is 8.51. The molecule has 1 aliphatic rings. The average Bonchev–Trinajstić information content (AvgIpc) is 3.24. The van der Waals surface area contributed by atoms with Gasteiger partial charge in [-0.15, -0.1) is 0 Å². The van der Waals surface area contributed by atoms with Crippen molar-refractivity contribution in [3.05, 3.63) is 48.3 Å². The Morgan fingerprint density at radius 2 is 2.17 bits per heavy atom. The Balaban J connectivity index is 1.44. The van der Waals surface area contributed by atoms with Crippen LogP contribution in [0, 0.1) is 6.92 Å². The number of aryl methyl sites for hydroxylation is 1. The van der Waals surface area contributed by atoms with Crippen molar-refractivity contribution in [3.63, 3.8) is 0 Å². The molecule has 2 N–H and O–H groups in total. The van der Waals surface area contributed by atoms with E-state index in [0.717, 1.165) is 38.6 Å². The lowest BCUT2D eigenvalue weighted by molar-refractivity contribution is 0.587. The highest BCUT2D eigenvalue weighted by atomic mass is 15.3. The summed E-state index contributed by atoms with van der Waals surface area (Å²) in [5.74, 6) is 0.860. The zero-order valence-corrected chi connectivity index (χ0v) is 14.4. The van der Waals surface area contributed by atoms with E-state index in [2.05, 4.69) is 62.9 Å². The second kappa shape index (κ2) is 7.86. The average molecular weight is 326 g/mol. The summed E-state index contributed by atoms with van der Waals surface area (Å²) in [5.41, 5.74) is 2.48. The van der Waals surface area contributed by atoms with Crippen molar-refractivity contribution in [1.82, 2.24) is 20.4 Å². The largest absolute Gasteiger partial charge is 0.369 e. The van der Waals surface area contributed by atoms with Crippen LogP contribution >= 0.6 is 0 Å². The van der Waals surface area contributed by atoms with Crippen LogP contribution in [0.3, 0.4) is 0 Å². The van der Waals surface area contributed by atoms with Gasteiger partial charge in [0.25, 0.3) is 0 Å². The summed E-state index contributed by atoms with van der Waals surface area (Å²) >= 11 is 0. The number of anilines is 1. The second-order valence-electron chi connectivity index (χ2n) is 6.19. The molecule has 6 heteroatoms. The van der Waals surface area contributed by atoms with Crippen LogP contribution in [0.5, 0.6) is 0 Å². The zero-order valence-electron chi connectivity index (χ0n) is 14.4. The van der Waals surface area contributed by atoms with Gasteiger partial charge in [0.1, 0.15) is 0 Å². The first-order chi connectivity index (χ1) is 11.7. The van der Waals surface area contributed by atoms with Gasteiger partial charge < -0.3 is 15.5 Å². The Morgan fingerprint density at radius 3 is 2.88 bits per heavy atom. The number of hydrogen-bond donors (Lipinski definition) is 2. The molecule has 6 nitrogen and oxygen atoms in total. The molecule has 0 saturated carbocycles. The maximum atomic E-state index is 4.33. The Labute approximate surface area is 143 Å². The highest BCUT2D eigenvalue weighted by Gasteiger charge is 2.23. The monoisotopic (exact) mass is 326 g/mol. The van der Waals surface area contributed by atoms with Crippen molar-refractivity contribution < 1.29 is 0 Å². The number of guanidine groups is 1. The Kier molecular flexibility index (Phi) is 5.36. The van der Waals surface area contributed by atoms with Crippen molar-refractivity contribution in [1.29, 1.82) is 0 Å². The number of hydrogen-bond acceptors (Lipinski definition) is 3. The first kappa shape index (κ1) is 16.4. The van der Waals surface area contributed by atoms with Gasteiger partial charge >= 0.3 is 0 Å². The van der Waals surface area contributed by atoms with E-state index in [4.69, 9.17) is 0 Å². The van der Waals surface area contributed by atoms with Crippen LogP contribution in [-0.4, -0.2) is 48.5 Å². The third kappa shape index (κ3) is 4.28. The van der Waals surface area contributed by atoms with Crippen LogP contribution < -0.4 is 15.5 Å². The van der Waals surface area contributed by atoms with Gasteiger partial charge in [-0.25, -0.2) is 0 Å². The van der Waals surface area contributed by atoms with E-state index >= 15 is 0 Å². The lowest BCUT2D eigenvalue weighted by Gasteiger charge is -2.20. The van der Waals surface area contributed by atoms with E-state index < -0.39 is 0 Å². The van der Waals surface area contributed by atoms with Crippen molar-refractivity contribution in [2.24, 2.45) is 4.99 Å². The number of aromatic nitrogens is 2. The van der Waals surface area contributed by atoms with Crippen molar-refractivity contribution in [3.8, 4) is 0 Å². The second-order valence-corrected chi connectivity index (χ2v) is 6.19. The van der Waals surface area contributed by atoms with E-state index in [1.807, 2.05) is 24.1 Å². The molecule has 1 aliphatic heterocycles. The summed E-state index contributed by atoms with van der Waals surface area (Å²) in [7, 11) is 1.82. The molecule has 1 aromatic carbocycles. The van der Waals surface area contributed by atoms with Crippen molar-refractivity contribution >= 4 is 11.6 Å². The van der Waals surface area contributed by atoms with Crippen LogP contribution in [0.25, 0.3) is 0 Å². The Hall–Kier alpha value is -2.50. The molecule has 0 radical (unpaired) electrons. The minimum absolute atomic E-state index is 0.420. The van der Waals surface area contributed by atoms with Gasteiger partial charge in [-0.1, -0.05) is 18.2 Å². The third-order valence-electron chi connectivity index (χ3n) is 4.27. The predicted octanol–water partition coefficient (Wildman–Crippen LogP) is 1.64. The number of para-hydroxylation sites is 1. The number of aliphatic imine (C=N–C) groups is 1. The molecule has 1 fully saturated rings. The van der Waals surface area contributed by atoms with E-state index in [9.17, 15) is 0 Å². The molecule has 0 amide bonds. The van der Waals surface area contributed by atoms with E-state index in [1.54, 1.807) is 0 Å². The topological polar surface area (TPSA) is 57.5 Å². The Bertz CT molecular complexity index is 663. The molecular formula is C18H26N6. The summed E-state index contributed by atoms with van der Waals surface area (Å²) in [6.07, 6.45) is 5.05. The van der Waals surface area contributed by atoms with Gasteiger partial charge in [0, 0.05) is 44.6 Å². The fourth-order valence-electron chi connectivity index (χ4n) is 3.02. The molecule has 1 atom stereocenters. The summed E-state index contributed by atoms with van der Waals surface area (Å²) in [6, 6.07) is 11.0. The molecule has 1 aromatic heterocycles. The fourth-order valence-corrected chi connectivity index (χ4v) is 3.02. The SMILES string of the molecule is CN=C(NCCn1cc(C)cn1)NC1CCN(c2ccccc2)C1. The minimum Gasteiger partial charge on any atom is -0.369 e. The van der Waals surface area contributed by atoms with Gasteiger partial charge in [0.15, 0.2) is 5.96 Å². The summed E-state index contributed by atoms with van der Waals surface area (Å²) < 4.78 is 1.95. The maximum Gasteiger partial charge on any atom is 0.191 e. The molecule has 2 heterocycles. The van der Waals surface area contributed by atoms with Gasteiger partial charge in [0.2, 0.25) is 0 Å². The summed E-state index contributed by atoms with van der Waals surface area (Å²) in [4.78, 5) is 6.75. The van der Waals surface area contributed by atoms with E-state index in [-0.39, 0.29) is 0 Å². The van der Waals surface area contributed by atoms with Crippen LogP contribution in [0.1, 0.15) is 12.0 Å². The highest BCUT2D eigenvalue weighted by Crippen LogP contribution is 2.19. The van der Waals surface area contributed by atoms with E-state index in [1.165, 1.54) is 11.3 Å². The quantitative estimate of drug-likeness (QED) is 0.648. The highest BCUT2D eigenvalue weighted by molar-refractivity contribution is 5.80. The summed E-state index contributed by atoms with van der Waals surface area (Å²) in [6.45, 7) is 5.76. The minimum atomic E-state index is 0.420. The molecule has 2 aromatic rings. The van der Waals surface area contributed by atoms with Crippen LogP contribution in [0.15, 0.2) is 47.7 Å². The van der Waals surface area contributed by atoms with Gasteiger partial charge in [-0.05, 0) is 31.0 Å². The lowest BCUT2D eigenvalue weighted by atomic mass is 10.3. The predicted molar refractivity (Wildman–Crippen MR) is 98.5 cm³/mol. The normalized spacial score (nSPS) is 18.0. The van der Waals surface area contributed by atoms with Gasteiger partial charge in [0.05, 0.1) is 12.7 Å².